The summed E-state index contributed by atoms with van der Waals surface area (Å²) >= 11 is 3.34. The molecule has 0 aliphatic carbocycles. The Morgan fingerprint density at radius 1 is 1.33 bits per heavy atom. The fourth-order valence-corrected chi connectivity index (χ4v) is 2.07. The summed E-state index contributed by atoms with van der Waals surface area (Å²) in [6, 6.07) is 7.41. The number of halogens is 1. The molecule has 0 unspecified atom stereocenters. The van der Waals surface area contributed by atoms with Crippen LogP contribution in [0.4, 0.5) is 5.69 Å². The third-order valence-electron chi connectivity index (χ3n) is 2.86. The van der Waals surface area contributed by atoms with Crippen LogP contribution in [-0.4, -0.2) is 29.0 Å². The van der Waals surface area contributed by atoms with Gasteiger partial charge in [0.05, 0.1) is 11.4 Å². The largest absolute Gasteiger partial charge is 0.490 e. The smallest absolute Gasteiger partial charge is 0.358 e. The first-order chi connectivity index (χ1) is 9.99. The van der Waals surface area contributed by atoms with Crippen molar-refractivity contribution in [3.8, 4) is 5.75 Å². The SMILES string of the molecule is Cc1nn(C)c(C(=O)OCCOc2ccc(Br)cc2)c1N. The first-order valence-electron chi connectivity index (χ1n) is 6.33. The Morgan fingerprint density at radius 3 is 2.57 bits per heavy atom. The maximum absolute atomic E-state index is 11.9. The van der Waals surface area contributed by atoms with Crippen molar-refractivity contribution in [3.05, 3.63) is 40.1 Å². The Bertz CT molecular complexity index is 638. The molecule has 0 aliphatic heterocycles. The molecular formula is C14H16BrN3O3. The summed E-state index contributed by atoms with van der Waals surface area (Å²) in [4.78, 5) is 11.9. The number of rotatable bonds is 5. The van der Waals surface area contributed by atoms with Crippen LogP contribution < -0.4 is 10.5 Å². The molecule has 0 saturated heterocycles. The number of benzene rings is 1. The predicted octanol–water partition coefficient (Wildman–Crippen LogP) is 2.31. The van der Waals surface area contributed by atoms with Gasteiger partial charge in [0.2, 0.25) is 0 Å². The van der Waals surface area contributed by atoms with Gasteiger partial charge < -0.3 is 15.2 Å². The van der Waals surface area contributed by atoms with Gasteiger partial charge in [0.15, 0.2) is 5.69 Å². The van der Waals surface area contributed by atoms with Crippen LogP contribution in [0.1, 0.15) is 16.2 Å². The van der Waals surface area contributed by atoms with Gasteiger partial charge in [-0.15, -0.1) is 0 Å². The first-order valence-corrected chi connectivity index (χ1v) is 7.13. The molecule has 7 heteroatoms. The summed E-state index contributed by atoms with van der Waals surface area (Å²) in [5, 5.41) is 4.07. The van der Waals surface area contributed by atoms with Crippen LogP contribution in [0.5, 0.6) is 5.75 Å². The van der Waals surface area contributed by atoms with Crippen LogP contribution >= 0.6 is 15.9 Å². The van der Waals surface area contributed by atoms with Crippen molar-refractivity contribution in [2.24, 2.45) is 7.05 Å². The van der Waals surface area contributed by atoms with Crippen molar-refractivity contribution in [1.29, 1.82) is 0 Å². The van der Waals surface area contributed by atoms with E-state index in [1.165, 1.54) is 4.68 Å². The zero-order valence-electron chi connectivity index (χ0n) is 11.8. The Kier molecular flexibility index (Phi) is 4.85. The van der Waals surface area contributed by atoms with Crippen LogP contribution in [0.2, 0.25) is 0 Å². The average Bonchev–Trinajstić information content (AvgIpc) is 2.70. The number of hydrogen-bond donors (Lipinski definition) is 1. The molecule has 0 atom stereocenters. The molecule has 21 heavy (non-hydrogen) atoms. The molecule has 0 saturated carbocycles. The highest BCUT2D eigenvalue weighted by atomic mass is 79.9. The quantitative estimate of drug-likeness (QED) is 0.658. The van der Waals surface area contributed by atoms with Gasteiger partial charge in [-0.1, -0.05) is 15.9 Å². The van der Waals surface area contributed by atoms with Crippen molar-refractivity contribution >= 4 is 27.6 Å². The van der Waals surface area contributed by atoms with E-state index in [9.17, 15) is 4.79 Å². The molecule has 2 N–H and O–H groups in total. The van der Waals surface area contributed by atoms with Crippen LogP contribution in [-0.2, 0) is 11.8 Å². The van der Waals surface area contributed by atoms with E-state index in [-0.39, 0.29) is 18.9 Å². The Labute approximate surface area is 131 Å². The van der Waals surface area contributed by atoms with E-state index in [1.54, 1.807) is 14.0 Å². The van der Waals surface area contributed by atoms with Gasteiger partial charge in [-0.2, -0.15) is 5.10 Å². The number of esters is 1. The van der Waals surface area contributed by atoms with Gasteiger partial charge in [-0.05, 0) is 31.2 Å². The van der Waals surface area contributed by atoms with Crippen molar-refractivity contribution in [3.63, 3.8) is 0 Å². The Balaban J connectivity index is 1.83. The number of anilines is 1. The lowest BCUT2D eigenvalue weighted by Crippen LogP contribution is -2.16. The number of carbonyl (C=O) groups is 1. The molecule has 112 valence electrons. The maximum atomic E-state index is 11.9. The second-order valence-corrected chi connectivity index (χ2v) is 5.33. The molecule has 0 bridgehead atoms. The minimum absolute atomic E-state index is 0.137. The lowest BCUT2D eigenvalue weighted by Gasteiger charge is -2.08. The molecule has 0 fully saturated rings. The zero-order valence-corrected chi connectivity index (χ0v) is 13.4. The highest BCUT2D eigenvalue weighted by molar-refractivity contribution is 9.10. The minimum atomic E-state index is -0.505. The summed E-state index contributed by atoms with van der Waals surface area (Å²) in [6.07, 6.45) is 0. The molecule has 0 amide bonds. The molecule has 2 rings (SSSR count). The average molecular weight is 354 g/mol. The van der Waals surface area contributed by atoms with E-state index in [4.69, 9.17) is 15.2 Å². The number of aryl methyl sites for hydroxylation is 2. The van der Waals surface area contributed by atoms with E-state index < -0.39 is 5.97 Å². The second kappa shape index (κ2) is 6.62. The van der Waals surface area contributed by atoms with Crippen LogP contribution in [0, 0.1) is 6.92 Å². The normalized spacial score (nSPS) is 10.4. The summed E-state index contributed by atoms with van der Waals surface area (Å²) in [7, 11) is 1.65. The van der Waals surface area contributed by atoms with Crippen molar-refractivity contribution < 1.29 is 14.3 Å². The Hall–Kier alpha value is -2.02. The number of aromatic nitrogens is 2. The molecule has 1 aromatic carbocycles. The van der Waals surface area contributed by atoms with Crippen molar-refractivity contribution in [1.82, 2.24) is 9.78 Å². The number of hydrogen-bond acceptors (Lipinski definition) is 5. The summed E-state index contributed by atoms with van der Waals surface area (Å²) < 4.78 is 13.0. The number of ether oxygens (including phenoxy) is 2. The number of nitrogen functional groups attached to an aromatic ring is 1. The molecule has 1 aromatic heterocycles. The maximum Gasteiger partial charge on any atom is 0.358 e. The minimum Gasteiger partial charge on any atom is -0.490 e. The van der Waals surface area contributed by atoms with Crippen LogP contribution in [0.3, 0.4) is 0 Å². The van der Waals surface area contributed by atoms with Gasteiger partial charge in [0.1, 0.15) is 19.0 Å². The second-order valence-electron chi connectivity index (χ2n) is 4.41. The first kappa shape index (κ1) is 15.4. The highest BCUT2D eigenvalue weighted by Gasteiger charge is 2.19. The fraction of sp³-hybridized carbons (Fsp3) is 0.286. The van der Waals surface area contributed by atoms with E-state index >= 15 is 0 Å². The van der Waals surface area contributed by atoms with Gasteiger partial charge in [-0.3, -0.25) is 4.68 Å². The number of nitrogens with zero attached hydrogens (tertiary/aromatic N) is 2. The van der Waals surface area contributed by atoms with Gasteiger partial charge in [-0.25, -0.2) is 4.79 Å². The predicted molar refractivity (Wildman–Crippen MR) is 82.3 cm³/mol. The lowest BCUT2D eigenvalue weighted by atomic mass is 10.3. The molecule has 1 heterocycles. The summed E-state index contributed by atoms with van der Waals surface area (Å²) in [5.41, 5.74) is 7.01. The molecule has 0 aliphatic rings. The molecule has 0 spiro atoms. The van der Waals surface area contributed by atoms with E-state index in [2.05, 4.69) is 21.0 Å². The molecule has 2 aromatic rings. The summed E-state index contributed by atoms with van der Waals surface area (Å²) in [5.74, 6) is 0.208. The standard InChI is InChI=1S/C14H16BrN3O3/c1-9-12(16)13(18(2)17-9)14(19)21-8-7-20-11-5-3-10(15)4-6-11/h3-6H,7-8,16H2,1-2H3. The van der Waals surface area contributed by atoms with E-state index in [0.29, 0.717) is 17.1 Å². The third kappa shape index (κ3) is 3.75. The van der Waals surface area contributed by atoms with Crippen LogP contribution in [0.25, 0.3) is 0 Å². The van der Waals surface area contributed by atoms with Crippen LogP contribution in [0.15, 0.2) is 28.7 Å². The zero-order chi connectivity index (χ0) is 15.4. The number of carbonyl (C=O) groups excluding carboxylic acids is 1. The third-order valence-corrected chi connectivity index (χ3v) is 3.39. The van der Waals surface area contributed by atoms with Crippen molar-refractivity contribution in [2.45, 2.75) is 6.92 Å². The lowest BCUT2D eigenvalue weighted by molar-refractivity contribution is 0.0439. The molecular weight excluding hydrogens is 338 g/mol. The Morgan fingerprint density at radius 2 is 2.00 bits per heavy atom. The molecule has 0 radical (unpaired) electrons. The molecule has 6 nitrogen and oxygen atoms in total. The van der Waals surface area contributed by atoms with Gasteiger partial charge >= 0.3 is 5.97 Å². The van der Waals surface area contributed by atoms with E-state index in [1.807, 2.05) is 24.3 Å². The van der Waals surface area contributed by atoms with Gasteiger partial charge in [0.25, 0.3) is 0 Å². The summed E-state index contributed by atoms with van der Waals surface area (Å²) in [6.45, 7) is 2.14. The fourth-order valence-electron chi connectivity index (χ4n) is 1.81. The van der Waals surface area contributed by atoms with Crippen molar-refractivity contribution in [2.75, 3.05) is 18.9 Å². The monoisotopic (exact) mass is 353 g/mol. The topological polar surface area (TPSA) is 79.4 Å². The highest BCUT2D eigenvalue weighted by Crippen LogP contribution is 2.17. The number of nitrogens with two attached hydrogens (primary N) is 1. The van der Waals surface area contributed by atoms with E-state index in [0.717, 1.165) is 4.47 Å². The van der Waals surface area contributed by atoms with Gasteiger partial charge in [0, 0.05) is 11.5 Å².